The fraction of sp³-hybridized carbons (Fsp3) is 0.0556. The molecule has 0 unspecified atom stereocenters. The van der Waals surface area contributed by atoms with Gasteiger partial charge in [-0.25, -0.2) is 15.0 Å². The minimum absolute atomic E-state index is 0.0494. The second-order valence-corrected chi connectivity index (χ2v) is 15.6. The third kappa shape index (κ3) is 5.46. The van der Waals surface area contributed by atoms with Gasteiger partial charge in [0.2, 0.25) is 0 Å². The highest BCUT2D eigenvalue weighted by molar-refractivity contribution is 6.21. The van der Waals surface area contributed by atoms with Gasteiger partial charge in [0.05, 0.1) is 0 Å². The average Bonchev–Trinajstić information content (AvgIpc) is 3.51. The number of hydrogen-bond acceptors (Lipinski definition) is 3. The molecule has 0 aliphatic heterocycles. The predicted octanol–water partition coefficient (Wildman–Crippen LogP) is 14.0. The van der Waals surface area contributed by atoms with Gasteiger partial charge in [-0.1, -0.05) is 190 Å². The van der Waals surface area contributed by atoms with Gasteiger partial charge in [0, 0.05) is 22.1 Å². The Bertz CT molecular complexity index is 3180. The Hall–Kier alpha value is -7.23. The van der Waals surface area contributed by atoms with E-state index >= 15 is 0 Å². The van der Waals surface area contributed by atoms with Crippen LogP contribution in [0.4, 0.5) is 0 Å². The van der Waals surface area contributed by atoms with Crippen molar-refractivity contribution in [1.29, 1.82) is 0 Å². The molecule has 1 heterocycles. The second-order valence-electron chi connectivity index (χ2n) is 15.6. The van der Waals surface area contributed by atoms with Crippen LogP contribution in [0.2, 0.25) is 0 Å². The Labute approximate surface area is 332 Å². The molecular weight excluding hydrogens is 691 g/mol. The van der Waals surface area contributed by atoms with E-state index in [2.05, 4.69) is 184 Å². The summed E-state index contributed by atoms with van der Waals surface area (Å²) in [4.78, 5) is 15.2. The minimum atomic E-state index is -0.0494. The number of fused-ring (bicyclic) bond motifs is 7. The standard InChI is InChI=1S/C54H37N3/c1-54(2)47-19-11-10-18-45(47)46-31-30-40(33-48(46)54)34-20-25-38(26-21-34)52-55-51(37-13-4-3-5-14-37)56-53(57-52)39-27-23-36(24-28-39)49-44-17-9-7-15-41(44)32-42-29-22-35-12-6-8-16-43(35)50(42)49/h3-33H,1-2H3. The highest BCUT2D eigenvalue weighted by Crippen LogP contribution is 2.49. The lowest BCUT2D eigenvalue weighted by atomic mass is 9.81. The summed E-state index contributed by atoms with van der Waals surface area (Å²) in [5.41, 5.74) is 13.0. The molecule has 0 atom stereocenters. The summed E-state index contributed by atoms with van der Waals surface area (Å²) in [5.74, 6) is 1.94. The van der Waals surface area contributed by atoms with Gasteiger partial charge in [-0.3, -0.25) is 0 Å². The van der Waals surface area contributed by atoms with Gasteiger partial charge in [-0.05, 0) is 89.0 Å². The zero-order valence-electron chi connectivity index (χ0n) is 31.7. The molecular formula is C54H37N3. The van der Waals surface area contributed by atoms with E-state index in [4.69, 9.17) is 15.0 Å². The van der Waals surface area contributed by atoms with Crippen LogP contribution < -0.4 is 0 Å². The van der Waals surface area contributed by atoms with Crippen LogP contribution in [0.1, 0.15) is 25.0 Å². The van der Waals surface area contributed by atoms with Crippen LogP contribution >= 0.6 is 0 Å². The largest absolute Gasteiger partial charge is 0.208 e. The lowest BCUT2D eigenvalue weighted by Crippen LogP contribution is -2.14. The molecule has 1 aliphatic rings. The summed E-state index contributed by atoms with van der Waals surface area (Å²) in [6.45, 7) is 4.66. The van der Waals surface area contributed by atoms with E-state index in [1.165, 1.54) is 65.7 Å². The Kier molecular flexibility index (Phi) is 7.52. The molecule has 0 saturated heterocycles. The van der Waals surface area contributed by atoms with Crippen LogP contribution in [0.25, 0.3) is 99.9 Å². The van der Waals surface area contributed by atoms with E-state index in [1.807, 2.05) is 18.2 Å². The molecule has 0 saturated carbocycles. The Balaban J connectivity index is 0.992. The van der Waals surface area contributed by atoms with E-state index in [0.29, 0.717) is 17.5 Å². The van der Waals surface area contributed by atoms with Gasteiger partial charge >= 0.3 is 0 Å². The summed E-state index contributed by atoms with van der Waals surface area (Å²) < 4.78 is 0. The first-order valence-electron chi connectivity index (χ1n) is 19.6. The zero-order valence-corrected chi connectivity index (χ0v) is 31.7. The third-order valence-electron chi connectivity index (χ3n) is 11.9. The van der Waals surface area contributed by atoms with Crippen LogP contribution in [0.5, 0.6) is 0 Å². The number of rotatable bonds is 5. The fourth-order valence-corrected chi connectivity index (χ4v) is 8.97. The van der Waals surface area contributed by atoms with Crippen molar-refractivity contribution < 1.29 is 0 Å². The summed E-state index contributed by atoms with van der Waals surface area (Å²) in [5, 5.41) is 7.46. The number of aromatic nitrogens is 3. The zero-order chi connectivity index (χ0) is 38.1. The first-order valence-corrected chi connectivity index (χ1v) is 19.6. The van der Waals surface area contributed by atoms with E-state index < -0.39 is 0 Å². The molecule has 0 amide bonds. The predicted molar refractivity (Wildman–Crippen MR) is 237 cm³/mol. The molecule has 11 rings (SSSR count). The number of benzene rings is 9. The van der Waals surface area contributed by atoms with Crippen LogP contribution in [-0.2, 0) is 5.41 Å². The molecule has 1 aromatic heterocycles. The van der Waals surface area contributed by atoms with Gasteiger partial charge in [-0.2, -0.15) is 0 Å². The molecule has 0 radical (unpaired) electrons. The number of hydrogen-bond donors (Lipinski definition) is 0. The molecule has 57 heavy (non-hydrogen) atoms. The van der Waals surface area contributed by atoms with Crippen molar-refractivity contribution in [2.24, 2.45) is 0 Å². The highest BCUT2D eigenvalue weighted by atomic mass is 15.0. The number of nitrogens with zero attached hydrogens (tertiary/aromatic N) is 3. The monoisotopic (exact) mass is 727 g/mol. The van der Waals surface area contributed by atoms with Crippen LogP contribution in [-0.4, -0.2) is 15.0 Å². The first kappa shape index (κ1) is 33.1. The van der Waals surface area contributed by atoms with Crippen molar-refractivity contribution in [3.8, 4) is 67.5 Å². The summed E-state index contributed by atoms with van der Waals surface area (Å²) >= 11 is 0. The lowest BCUT2D eigenvalue weighted by Gasteiger charge is -2.22. The van der Waals surface area contributed by atoms with Gasteiger partial charge < -0.3 is 0 Å². The summed E-state index contributed by atoms with van der Waals surface area (Å²) in [6, 6.07) is 67.4. The minimum Gasteiger partial charge on any atom is -0.208 e. The third-order valence-corrected chi connectivity index (χ3v) is 11.9. The van der Waals surface area contributed by atoms with E-state index in [9.17, 15) is 0 Å². The van der Waals surface area contributed by atoms with Crippen LogP contribution in [0, 0.1) is 0 Å². The van der Waals surface area contributed by atoms with Crippen LogP contribution in [0.15, 0.2) is 188 Å². The SMILES string of the molecule is CC1(C)c2ccccc2-c2ccc(-c3ccc(-c4nc(-c5ccccc5)nc(-c5ccc(-c6c7ccccc7cc7ccc8ccccc8c67)cc5)n4)cc3)cc21. The van der Waals surface area contributed by atoms with Crippen molar-refractivity contribution in [2.75, 3.05) is 0 Å². The Morgan fingerprint density at radius 1 is 0.333 bits per heavy atom. The average molecular weight is 728 g/mol. The quantitative estimate of drug-likeness (QED) is 0.131. The maximum absolute atomic E-state index is 5.11. The molecule has 0 N–H and O–H groups in total. The Morgan fingerprint density at radius 2 is 0.842 bits per heavy atom. The van der Waals surface area contributed by atoms with Gasteiger partial charge in [0.15, 0.2) is 17.5 Å². The fourth-order valence-electron chi connectivity index (χ4n) is 8.97. The highest BCUT2D eigenvalue weighted by Gasteiger charge is 2.35. The summed E-state index contributed by atoms with van der Waals surface area (Å²) in [6.07, 6.45) is 0. The molecule has 9 aromatic carbocycles. The van der Waals surface area contributed by atoms with Gasteiger partial charge in [-0.15, -0.1) is 0 Å². The first-order chi connectivity index (χ1) is 28.0. The van der Waals surface area contributed by atoms with Gasteiger partial charge in [0.1, 0.15) is 0 Å². The lowest BCUT2D eigenvalue weighted by molar-refractivity contribution is 0.660. The van der Waals surface area contributed by atoms with Crippen molar-refractivity contribution in [3.05, 3.63) is 199 Å². The van der Waals surface area contributed by atoms with Crippen molar-refractivity contribution in [1.82, 2.24) is 15.0 Å². The Morgan fingerprint density at radius 3 is 1.56 bits per heavy atom. The maximum atomic E-state index is 5.11. The molecule has 3 nitrogen and oxygen atoms in total. The molecule has 0 bridgehead atoms. The van der Waals surface area contributed by atoms with E-state index in [1.54, 1.807) is 0 Å². The van der Waals surface area contributed by atoms with Crippen LogP contribution in [0.3, 0.4) is 0 Å². The molecule has 1 aliphatic carbocycles. The molecule has 268 valence electrons. The topological polar surface area (TPSA) is 38.7 Å². The van der Waals surface area contributed by atoms with E-state index in [0.717, 1.165) is 27.8 Å². The molecule has 0 spiro atoms. The molecule has 3 heteroatoms. The maximum Gasteiger partial charge on any atom is 0.164 e. The van der Waals surface area contributed by atoms with Gasteiger partial charge in [0.25, 0.3) is 0 Å². The smallest absolute Gasteiger partial charge is 0.164 e. The van der Waals surface area contributed by atoms with Crippen molar-refractivity contribution in [3.63, 3.8) is 0 Å². The molecule has 10 aromatic rings. The molecule has 0 fully saturated rings. The second kappa shape index (κ2) is 12.9. The van der Waals surface area contributed by atoms with Crippen molar-refractivity contribution >= 4 is 32.3 Å². The van der Waals surface area contributed by atoms with E-state index in [-0.39, 0.29) is 5.41 Å². The summed E-state index contributed by atoms with van der Waals surface area (Å²) in [7, 11) is 0. The van der Waals surface area contributed by atoms with Crippen molar-refractivity contribution in [2.45, 2.75) is 19.3 Å². The normalized spacial score (nSPS) is 12.9.